The van der Waals surface area contributed by atoms with E-state index in [0.29, 0.717) is 29.8 Å². The van der Waals surface area contributed by atoms with Gasteiger partial charge in [-0.05, 0) is 36.2 Å². The van der Waals surface area contributed by atoms with E-state index in [-0.39, 0.29) is 18.4 Å². The number of carbonyl (C=O) groups excluding carboxylic acids is 1. The molecule has 0 aliphatic rings. The van der Waals surface area contributed by atoms with Crippen LogP contribution in [0.4, 0.5) is 0 Å². The molecule has 2 aromatic carbocycles. The molecule has 0 bridgehead atoms. The van der Waals surface area contributed by atoms with E-state index in [2.05, 4.69) is 0 Å². The van der Waals surface area contributed by atoms with E-state index < -0.39 is 5.97 Å². The van der Waals surface area contributed by atoms with Gasteiger partial charge in [0.15, 0.2) is 5.78 Å². The third-order valence-corrected chi connectivity index (χ3v) is 5.19. The van der Waals surface area contributed by atoms with Crippen molar-refractivity contribution in [2.24, 2.45) is 0 Å². The fraction of sp³-hybridized carbons (Fsp3) is 0.217. The largest absolute Gasteiger partial charge is 0.486 e. The van der Waals surface area contributed by atoms with Crippen molar-refractivity contribution >= 4 is 23.1 Å². The summed E-state index contributed by atoms with van der Waals surface area (Å²) < 4.78 is 6.24. The van der Waals surface area contributed by atoms with Crippen LogP contribution in [0.3, 0.4) is 0 Å². The molecule has 1 unspecified atom stereocenters. The number of carbonyl (C=O) groups is 2. The number of rotatable bonds is 10. The minimum absolute atomic E-state index is 0.0217. The number of ether oxygens (including phenoxy) is 1. The number of hydrogen-bond acceptors (Lipinski definition) is 5. The molecule has 29 heavy (non-hydrogen) atoms. The average molecular weight is 410 g/mol. The first kappa shape index (κ1) is 20.8. The molecule has 1 aromatic heterocycles. The van der Waals surface area contributed by atoms with E-state index in [4.69, 9.17) is 9.84 Å². The summed E-state index contributed by atoms with van der Waals surface area (Å²) in [5, 5.41) is 12.7. The van der Waals surface area contributed by atoms with Gasteiger partial charge in [0, 0.05) is 29.5 Å². The van der Waals surface area contributed by atoms with Crippen LogP contribution < -0.4 is 4.74 Å². The molecular formula is C23H23NO4S. The Balaban J connectivity index is 1.76. The van der Waals surface area contributed by atoms with Crippen LogP contribution in [-0.2, 0) is 4.79 Å². The predicted molar refractivity (Wildman–Crippen MR) is 114 cm³/mol. The van der Waals surface area contributed by atoms with E-state index in [9.17, 15) is 9.59 Å². The molecule has 3 rings (SSSR count). The first-order valence-electron chi connectivity index (χ1n) is 9.32. The maximum atomic E-state index is 12.6. The number of thiophene rings is 1. The van der Waals surface area contributed by atoms with E-state index in [0.717, 1.165) is 5.56 Å². The van der Waals surface area contributed by atoms with Crippen LogP contribution in [0.15, 0.2) is 71.4 Å². The average Bonchev–Trinajstić information content (AvgIpc) is 3.26. The molecule has 1 atom stereocenters. The van der Waals surface area contributed by atoms with Gasteiger partial charge >= 0.3 is 5.97 Å². The van der Waals surface area contributed by atoms with Gasteiger partial charge in [0.2, 0.25) is 0 Å². The molecule has 6 heteroatoms. The Labute approximate surface area is 174 Å². The van der Waals surface area contributed by atoms with Crippen molar-refractivity contribution in [1.29, 1.82) is 0 Å². The predicted octanol–water partition coefficient (Wildman–Crippen LogP) is 4.51. The Morgan fingerprint density at radius 3 is 2.55 bits per heavy atom. The lowest BCUT2D eigenvalue weighted by molar-refractivity contribution is -0.138. The zero-order chi connectivity index (χ0) is 20.6. The minimum Gasteiger partial charge on any atom is -0.486 e. The van der Waals surface area contributed by atoms with Gasteiger partial charge in [-0.2, -0.15) is 11.3 Å². The summed E-state index contributed by atoms with van der Waals surface area (Å²) in [6.07, 6.45) is 0.371. The van der Waals surface area contributed by atoms with Crippen molar-refractivity contribution in [3.05, 3.63) is 88.1 Å². The highest BCUT2D eigenvalue weighted by molar-refractivity contribution is 7.08. The van der Waals surface area contributed by atoms with Crippen molar-refractivity contribution in [2.75, 3.05) is 20.1 Å². The summed E-state index contributed by atoms with van der Waals surface area (Å²) in [7, 11) is 1.77. The molecule has 5 nitrogen and oxygen atoms in total. The molecule has 0 saturated carbocycles. The number of carboxylic acids is 1. The topological polar surface area (TPSA) is 66.8 Å². The van der Waals surface area contributed by atoms with Gasteiger partial charge < -0.3 is 9.84 Å². The second-order valence-corrected chi connectivity index (χ2v) is 7.59. The zero-order valence-corrected chi connectivity index (χ0v) is 17.0. The summed E-state index contributed by atoms with van der Waals surface area (Å²) >= 11 is 1.49. The van der Waals surface area contributed by atoms with Gasteiger partial charge in [-0.3, -0.25) is 14.5 Å². The normalized spacial score (nSPS) is 11.9. The molecule has 0 spiro atoms. The first-order valence-corrected chi connectivity index (χ1v) is 10.3. The van der Waals surface area contributed by atoms with Crippen LogP contribution in [-0.4, -0.2) is 41.9 Å². The van der Waals surface area contributed by atoms with Gasteiger partial charge in [-0.25, -0.2) is 0 Å². The lowest BCUT2D eigenvalue weighted by Crippen LogP contribution is -2.28. The quantitative estimate of drug-likeness (QED) is 0.499. The molecule has 0 aliphatic carbocycles. The summed E-state index contributed by atoms with van der Waals surface area (Å²) in [4.78, 5) is 25.3. The Morgan fingerprint density at radius 1 is 1.07 bits per heavy atom. The molecule has 0 radical (unpaired) electrons. The van der Waals surface area contributed by atoms with Gasteiger partial charge in [-0.1, -0.05) is 42.5 Å². The van der Waals surface area contributed by atoms with Gasteiger partial charge in [-0.15, -0.1) is 0 Å². The number of benzene rings is 2. The fourth-order valence-corrected chi connectivity index (χ4v) is 3.68. The Hall–Kier alpha value is -2.96. The van der Waals surface area contributed by atoms with Crippen molar-refractivity contribution < 1.29 is 19.4 Å². The summed E-state index contributed by atoms with van der Waals surface area (Å²) in [6.45, 7) is 0.547. The second-order valence-electron chi connectivity index (χ2n) is 6.81. The van der Waals surface area contributed by atoms with E-state index in [1.165, 1.54) is 11.3 Å². The van der Waals surface area contributed by atoms with Gasteiger partial charge in [0.25, 0.3) is 0 Å². The second kappa shape index (κ2) is 10.0. The maximum absolute atomic E-state index is 12.6. The summed E-state index contributed by atoms with van der Waals surface area (Å²) in [6, 6.07) is 18.8. The van der Waals surface area contributed by atoms with Crippen molar-refractivity contribution in [3.8, 4) is 5.75 Å². The number of aliphatic carboxylic acids is 1. The van der Waals surface area contributed by atoms with Gasteiger partial charge in [0.1, 0.15) is 11.9 Å². The molecule has 150 valence electrons. The third kappa shape index (κ3) is 6.01. The van der Waals surface area contributed by atoms with Crippen LogP contribution in [0, 0.1) is 0 Å². The number of ketones is 1. The fourth-order valence-electron chi connectivity index (χ4n) is 3.04. The highest BCUT2D eigenvalue weighted by Gasteiger charge is 2.17. The Morgan fingerprint density at radius 2 is 1.86 bits per heavy atom. The molecule has 0 saturated heterocycles. The first-order chi connectivity index (χ1) is 14.0. The molecule has 1 heterocycles. The maximum Gasteiger partial charge on any atom is 0.317 e. The molecule has 3 aromatic rings. The lowest BCUT2D eigenvalue weighted by Gasteiger charge is -2.22. The number of carboxylic acid groups (broad SMARTS) is 1. The molecule has 0 aliphatic heterocycles. The molecule has 0 amide bonds. The lowest BCUT2D eigenvalue weighted by atomic mass is 10.0. The number of hydrogen-bond donors (Lipinski definition) is 1. The van der Waals surface area contributed by atoms with Gasteiger partial charge in [0.05, 0.1) is 6.54 Å². The van der Waals surface area contributed by atoms with E-state index >= 15 is 0 Å². The SMILES string of the molecule is CN(CCC(Oc1cccc(C(=O)c2ccsc2)c1)c1ccccc1)CC(=O)O. The Bertz CT molecular complexity index is 941. The van der Waals surface area contributed by atoms with Crippen LogP contribution >= 0.6 is 11.3 Å². The van der Waals surface area contributed by atoms with Crippen LogP contribution in [0.5, 0.6) is 5.75 Å². The molecular weight excluding hydrogens is 386 g/mol. The van der Waals surface area contributed by atoms with Crippen molar-refractivity contribution in [3.63, 3.8) is 0 Å². The third-order valence-electron chi connectivity index (χ3n) is 4.51. The van der Waals surface area contributed by atoms with E-state index in [1.54, 1.807) is 24.1 Å². The van der Waals surface area contributed by atoms with Crippen LogP contribution in [0.2, 0.25) is 0 Å². The summed E-state index contributed by atoms with van der Waals surface area (Å²) in [5.74, 6) is -0.278. The number of nitrogens with zero attached hydrogens (tertiary/aromatic N) is 1. The van der Waals surface area contributed by atoms with E-state index in [1.807, 2.05) is 59.3 Å². The highest BCUT2D eigenvalue weighted by Crippen LogP contribution is 2.26. The monoisotopic (exact) mass is 409 g/mol. The molecule has 1 N–H and O–H groups in total. The summed E-state index contributed by atoms with van der Waals surface area (Å²) in [5.41, 5.74) is 2.25. The standard InChI is InChI=1S/C23H23NO4S/c1-24(15-22(25)26)12-10-21(17-6-3-2-4-7-17)28-20-9-5-8-18(14-20)23(27)19-11-13-29-16-19/h2-9,11,13-14,16,21H,10,12,15H2,1H3,(H,25,26). The Kier molecular flexibility index (Phi) is 7.16. The molecule has 0 fully saturated rings. The van der Waals surface area contributed by atoms with Crippen molar-refractivity contribution in [1.82, 2.24) is 4.90 Å². The zero-order valence-electron chi connectivity index (χ0n) is 16.2. The van der Waals surface area contributed by atoms with Crippen molar-refractivity contribution in [2.45, 2.75) is 12.5 Å². The smallest absolute Gasteiger partial charge is 0.317 e. The number of likely N-dealkylation sites (N-methyl/N-ethyl adjacent to an activating group) is 1. The highest BCUT2D eigenvalue weighted by atomic mass is 32.1. The van der Waals surface area contributed by atoms with Crippen LogP contribution in [0.1, 0.15) is 34.0 Å². The van der Waals surface area contributed by atoms with Crippen LogP contribution in [0.25, 0.3) is 0 Å². The minimum atomic E-state index is -0.857.